The number of hydrogen-bond acceptors (Lipinski definition) is 5. The molecule has 7 nitrogen and oxygen atoms in total. The Hall–Kier alpha value is -0.860. The number of ether oxygens (including phenoxy) is 1. The molecule has 0 aromatic rings. The smallest absolute Gasteiger partial charge is 0.422 e. The number of aliphatic hydroxyl groups is 1. The van der Waals surface area contributed by atoms with Crippen LogP contribution in [0.5, 0.6) is 0 Å². The van der Waals surface area contributed by atoms with Crippen molar-refractivity contribution in [2.24, 2.45) is 0 Å². The molecule has 1 atom stereocenters. The van der Waals surface area contributed by atoms with Crippen molar-refractivity contribution in [3.8, 4) is 0 Å². The van der Waals surface area contributed by atoms with Crippen LogP contribution in [0.3, 0.4) is 0 Å². The predicted octanol–water partition coefficient (Wildman–Crippen LogP) is -0.664. The van der Waals surface area contributed by atoms with E-state index in [0.717, 1.165) is 0 Å². The molecule has 0 aliphatic heterocycles. The Labute approximate surface area is 89.0 Å². The minimum Gasteiger partial charge on any atom is -0.446 e. The van der Waals surface area contributed by atoms with Crippen LogP contribution in [0.25, 0.3) is 0 Å². The Morgan fingerprint density at radius 2 is 1.93 bits per heavy atom. The molecule has 90 valence electrons. The Bertz CT molecular complexity index is 301. The molecule has 0 spiro atoms. The summed E-state index contributed by atoms with van der Waals surface area (Å²) < 4.78 is 30.5. The van der Waals surface area contributed by atoms with Gasteiger partial charge in [0.25, 0.3) is 0 Å². The fourth-order valence-corrected chi connectivity index (χ4v) is 1.61. The first kappa shape index (κ1) is 14.1. The normalized spacial score (nSPS) is 13.7. The number of amides is 1. The van der Waals surface area contributed by atoms with Crippen molar-refractivity contribution in [3.05, 3.63) is 0 Å². The lowest BCUT2D eigenvalue weighted by atomic mass is 10.4. The number of carbonyl (C=O) groups excluding carboxylic acids is 1. The molecule has 0 aliphatic rings. The fourth-order valence-electron chi connectivity index (χ4n) is 0.679. The third kappa shape index (κ3) is 7.11. The molecule has 3 N–H and O–H groups in total. The summed E-state index contributed by atoms with van der Waals surface area (Å²) in [7, 11) is -3.97. The summed E-state index contributed by atoms with van der Waals surface area (Å²) in [6.45, 7) is 4.28. The maximum absolute atomic E-state index is 11.2. The van der Waals surface area contributed by atoms with E-state index in [1.54, 1.807) is 18.6 Å². The van der Waals surface area contributed by atoms with E-state index in [-0.39, 0.29) is 6.61 Å². The molecule has 0 aliphatic carbocycles. The van der Waals surface area contributed by atoms with Gasteiger partial charge in [0.05, 0.1) is 12.7 Å². The van der Waals surface area contributed by atoms with Crippen molar-refractivity contribution in [3.63, 3.8) is 0 Å². The second-order valence-electron chi connectivity index (χ2n) is 3.26. The van der Waals surface area contributed by atoms with Crippen molar-refractivity contribution in [2.45, 2.75) is 32.9 Å². The molecule has 0 heterocycles. The Morgan fingerprint density at radius 3 is 2.33 bits per heavy atom. The molecular weight excluding hydrogens is 224 g/mol. The molecule has 0 aromatic carbocycles. The van der Waals surface area contributed by atoms with Crippen LogP contribution in [0.4, 0.5) is 4.79 Å². The first-order valence-corrected chi connectivity index (χ1v) is 5.86. The molecule has 0 aromatic heterocycles. The van der Waals surface area contributed by atoms with Crippen LogP contribution < -0.4 is 9.44 Å². The van der Waals surface area contributed by atoms with E-state index in [0.29, 0.717) is 0 Å². The van der Waals surface area contributed by atoms with Crippen molar-refractivity contribution in [1.29, 1.82) is 0 Å². The quantitative estimate of drug-likeness (QED) is 0.591. The molecule has 0 rings (SSSR count). The van der Waals surface area contributed by atoms with Crippen LogP contribution in [0.2, 0.25) is 0 Å². The minimum atomic E-state index is -3.97. The van der Waals surface area contributed by atoms with E-state index in [9.17, 15) is 13.2 Å². The summed E-state index contributed by atoms with van der Waals surface area (Å²) in [6, 6.07) is -0.672. The van der Waals surface area contributed by atoms with Crippen LogP contribution in [0.15, 0.2) is 0 Å². The van der Waals surface area contributed by atoms with Gasteiger partial charge in [-0.05, 0) is 20.8 Å². The van der Waals surface area contributed by atoms with Crippen LogP contribution in [-0.2, 0) is 14.9 Å². The van der Waals surface area contributed by atoms with Crippen LogP contribution >= 0.6 is 0 Å². The average molecular weight is 240 g/mol. The predicted molar refractivity (Wildman–Crippen MR) is 53.4 cm³/mol. The highest BCUT2D eigenvalue weighted by Gasteiger charge is 2.18. The maximum Gasteiger partial charge on any atom is 0.422 e. The van der Waals surface area contributed by atoms with Crippen molar-refractivity contribution < 1.29 is 23.1 Å². The molecule has 0 radical (unpaired) electrons. The fraction of sp³-hybridized carbons (Fsp3) is 0.857. The van der Waals surface area contributed by atoms with E-state index in [1.165, 1.54) is 6.92 Å². The Morgan fingerprint density at radius 1 is 1.40 bits per heavy atom. The zero-order chi connectivity index (χ0) is 12.1. The van der Waals surface area contributed by atoms with Crippen LogP contribution in [-0.4, -0.2) is 38.4 Å². The van der Waals surface area contributed by atoms with Gasteiger partial charge in [-0.3, -0.25) is 0 Å². The zero-order valence-electron chi connectivity index (χ0n) is 8.85. The van der Waals surface area contributed by atoms with Crippen molar-refractivity contribution in [2.75, 3.05) is 6.61 Å². The number of aliphatic hydroxyl groups excluding tert-OH is 1. The summed E-state index contributed by atoms with van der Waals surface area (Å²) >= 11 is 0. The second kappa shape index (κ2) is 5.89. The van der Waals surface area contributed by atoms with E-state index in [2.05, 4.69) is 4.74 Å². The first-order chi connectivity index (χ1) is 6.76. The van der Waals surface area contributed by atoms with Gasteiger partial charge in [-0.1, -0.05) is 0 Å². The molecule has 1 amide bonds. The first-order valence-electron chi connectivity index (χ1n) is 4.38. The molecule has 0 unspecified atom stereocenters. The molecule has 0 bridgehead atoms. The standard InChI is InChI=1S/C7H16N2O5S/c1-5(2)14-7(11)9-15(12,13)8-6(3)4-10/h5-6,8,10H,4H2,1-3H3,(H,9,11)/t6-/m0/s1. The molecule has 8 heteroatoms. The van der Waals surface area contributed by atoms with Crippen LogP contribution in [0, 0.1) is 0 Å². The molecule has 0 saturated heterocycles. The Balaban J connectivity index is 4.20. The van der Waals surface area contributed by atoms with Crippen LogP contribution in [0.1, 0.15) is 20.8 Å². The van der Waals surface area contributed by atoms with Gasteiger partial charge in [0.2, 0.25) is 0 Å². The molecule has 0 fully saturated rings. The summed E-state index contributed by atoms with van der Waals surface area (Å²) in [5.74, 6) is 0. The van der Waals surface area contributed by atoms with E-state index < -0.39 is 28.4 Å². The topological polar surface area (TPSA) is 105 Å². The second-order valence-corrected chi connectivity index (χ2v) is 4.71. The summed E-state index contributed by atoms with van der Waals surface area (Å²) in [4.78, 5) is 10.9. The number of nitrogens with one attached hydrogen (secondary N) is 2. The summed E-state index contributed by atoms with van der Waals surface area (Å²) in [5, 5.41) is 8.61. The molecule has 15 heavy (non-hydrogen) atoms. The van der Waals surface area contributed by atoms with Gasteiger partial charge in [-0.25, -0.2) is 9.52 Å². The lowest BCUT2D eigenvalue weighted by Gasteiger charge is -2.13. The number of carbonyl (C=O) groups is 1. The third-order valence-corrected chi connectivity index (χ3v) is 2.34. The maximum atomic E-state index is 11.2. The van der Waals surface area contributed by atoms with Gasteiger partial charge in [0, 0.05) is 6.04 Å². The number of rotatable bonds is 5. The highest BCUT2D eigenvalue weighted by molar-refractivity contribution is 7.88. The monoisotopic (exact) mass is 240 g/mol. The summed E-state index contributed by atoms with van der Waals surface area (Å²) in [5.41, 5.74) is 0. The van der Waals surface area contributed by atoms with Gasteiger partial charge < -0.3 is 9.84 Å². The Kier molecular flexibility index (Phi) is 5.55. The van der Waals surface area contributed by atoms with Gasteiger partial charge >= 0.3 is 16.3 Å². The molecular formula is C7H16N2O5S. The van der Waals surface area contributed by atoms with Gasteiger partial charge in [-0.15, -0.1) is 0 Å². The van der Waals surface area contributed by atoms with E-state index in [1.807, 2.05) is 4.72 Å². The SMILES string of the molecule is CC(C)OC(=O)NS(=O)(=O)N[C@@H](C)CO. The van der Waals surface area contributed by atoms with Crippen molar-refractivity contribution >= 4 is 16.3 Å². The minimum absolute atomic E-state index is 0.361. The average Bonchev–Trinajstić information content (AvgIpc) is 1.99. The lowest BCUT2D eigenvalue weighted by Crippen LogP contribution is -2.45. The highest BCUT2D eigenvalue weighted by atomic mass is 32.2. The van der Waals surface area contributed by atoms with Crippen molar-refractivity contribution in [1.82, 2.24) is 9.44 Å². The lowest BCUT2D eigenvalue weighted by molar-refractivity contribution is 0.121. The number of hydrogen-bond donors (Lipinski definition) is 3. The zero-order valence-corrected chi connectivity index (χ0v) is 9.67. The third-order valence-electron chi connectivity index (χ3n) is 1.19. The largest absolute Gasteiger partial charge is 0.446 e. The summed E-state index contributed by atoms with van der Waals surface area (Å²) in [6.07, 6.45) is -1.46. The highest BCUT2D eigenvalue weighted by Crippen LogP contribution is 1.91. The van der Waals surface area contributed by atoms with E-state index >= 15 is 0 Å². The van der Waals surface area contributed by atoms with Gasteiger partial charge in [0.1, 0.15) is 0 Å². The molecule has 0 saturated carbocycles. The van der Waals surface area contributed by atoms with Gasteiger partial charge in [-0.2, -0.15) is 13.1 Å². The van der Waals surface area contributed by atoms with E-state index in [4.69, 9.17) is 5.11 Å². The van der Waals surface area contributed by atoms with Gasteiger partial charge in [0.15, 0.2) is 0 Å².